The first-order chi connectivity index (χ1) is 6.54. The topological polar surface area (TPSA) is 58.7 Å². The number of nitrogens with two attached hydrogens (primary N) is 1. The number of likely N-dealkylation sites (N-methyl/N-ethyl adjacent to an activating group) is 1. The van der Waals surface area contributed by atoms with Gasteiger partial charge >= 0.3 is 6.03 Å². The number of nitrogens with zero attached hydrogens (tertiary/aromatic N) is 2. The van der Waals surface area contributed by atoms with E-state index in [9.17, 15) is 4.79 Å². The van der Waals surface area contributed by atoms with Crippen molar-refractivity contribution in [3.63, 3.8) is 0 Å². The molecule has 0 radical (unpaired) electrons. The number of urea groups is 1. The fraction of sp³-hybridized carbons (Fsp3) is 0.778. The van der Waals surface area contributed by atoms with Crippen molar-refractivity contribution in [1.82, 2.24) is 4.90 Å². The highest BCUT2D eigenvalue weighted by molar-refractivity contribution is 8.01. The number of hydrogen-bond acceptors (Lipinski definition) is 3. The summed E-state index contributed by atoms with van der Waals surface area (Å²) < 4.78 is 0.0640. The van der Waals surface area contributed by atoms with Crippen molar-refractivity contribution in [1.29, 1.82) is 0 Å². The van der Waals surface area contributed by atoms with Gasteiger partial charge < -0.3 is 10.6 Å². The van der Waals surface area contributed by atoms with Crippen LogP contribution in [0.4, 0.5) is 4.79 Å². The predicted octanol–water partition coefficient (Wildman–Crippen LogP) is 1.06. The number of carbonyl (C=O) groups excluding carboxylic acids is 1. The van der Waals surface area contributed by atoms with Crippen LogP contribution in [0, 0.1) is 0 Å². The molecule has 2 atom stereocenters. The van der Waals surface area contributed by atoms with E-state index in [4.69, 9.17) is 5.73 Å². The molecule has 0 aromatic carbocycles. The van der Waals surface area contributed by atoms with Crippen LogP contribution in [-0.4, -0.2) is 40.4 Å². The smallest absolute Gasteiger partial charge is 0.345 e. The molecule has 0 aromatic heterocycles. The zero-order valence-corrected chi connectivity index (χ0v) is 9.30. The minimum Gasteiger partial charge on any atom is -0.385 e. The molecule has 0 aliphatic carbocycles. The van der Waals surface area contributed by atoms with Crippen molar-refractivity contribution in [3.05, 3.63) is 0 Å². The molecular weight excluding hydrogens is 198 g/mol. The molecule has 14 heavy (non-hydrogen) atoms. The maximum atomic E-state index is 11.3. The summed E-state index contributed by atoms with van der Waals surface area (Å²) in [5, 5.41) is 0. The third-order valence-electron chi connectivity index (χ3n) is 3.02. The number of aliphatic imine (C=N–C) groups is 1. The molecular formula is C9H15N3OS. The van der Waals surface area contributed by atoms with Gasteiger partial charge in [0.25, 0.3) is 0 Å². The SMILES string of the molecule is CN1C(=O)N=C(N)C1C1(C)CCCS1. The Bertz CT molecular complexity index is 296. The van der Waals surface area contributed by atoms with E-state index in [1.54, 1.807) is 11.9 Å². The van der Waals surface area contributed by atoms with Crippen LogP contribution in [0.5, 0.6) is 0 Å². The molecule has 2 aliphatic rings. The highest BCUT2D eigenvalue weighted by atomic mass is 32.2. The second-order valence-corrected chi connectivity index (χ2v) is 5.73. The monoisotopic (exact) mass is 213 g/mol. The van der Waals surface area contributed by atoms with Gasteiger partial charge in [-0.05, 0) is 25.5 Å². The summed E-state index contributed by atoms with van der Waals surface area (Å²) in [5.41, 5.74) is 5.80. The van der Waals surface area contributed by atoms with E-state index in [2.05, 4.69) is 11.9 Å². The molecule has 2 unspecified atom stereocenters. The van der Waals surface area contributed by atoms with Crippen LogP contribution in [0.3, 0.4) is 0 Å². The Hall–Kier alpha value is -0.710. The van der Waals surface area contributed by atoms with Crippen LogP contribution in [-0.2, 0) is 0 Å². The highest BCUT2D eigenvalue weighted by Crippen LogP contribution is 2.43. The number of hydrogen-bond donors (Lipinski definition) is 1. The molecule has 0 bridgehead atoms. The van der Waals surface area contributed by atoms with Crippen LogP contribution in [0.25, 0.3) is 0 Å². The lowest BCUT2D eigenvalue weighted by Gasteiger charge is -2.34. The summed E-state index contributed by atoms with van der Waals surface area (Å²) in [6.45, 7) is 2.17. The van der Waals surface area contributed by atoms with Gasteiger partial charge in [-0.3, -0.25) is 0 Å². The van der Waals surface area contributed by atoms with Gasteiger partial charge in [-0.25, -0.2) is 4.79 Å². The molecule has 1 saturated heterocycles. The van der Waals surface area contributed by atoms with E-state index in [1.165, 1.54) is 6.42 Å². The van der Waals surface area contributed by atoms with Crippen molar-refractivity contribution < 1.29 is 4.79 Å². The molecule has 2 N–H and O–H groups in total. The van der Waals surface area contributed by atoms with Crippen LogP contribution < -0.4 is 5.73 Å². The van der Waals surface area contributed by atoms with E-state index >= 15 is 0 Å². The Morgan fingerprint density at radius 1 is 1.71 bits per heavy atom. The summed E-state index contributed by atoms with van der Waals surface area (Å²) in [5.74, 6) is 1.64. The van der Waals surface area contributed by atoms with Gasteiger partial charge in [-0.15, -0.1) is 0 Å². The Morgan fingerprint density at radius 2 is 2.43 bits per heavy atom. The minimum absolute atomic E-state index is 0.0116. The molecule has 0 spiro atoms. The standard InChI is InChI=1S/C9H15N3OS/c1-9(4-3-5-14-9)6-7(10)11-8(13)12(6)2/h6H,3-5H2,1-2H3,(H2,10,11,13). The molecule has 0 aromatic rings. The lowest BCUT2D eigenvalue weighted by atomic mass is 9.95. The third-order valence-corrected chi connectivity index (χ3v) is 4.60. The van der Waals surface area contributed by atoms with Gasteiger partial charge in [-0.2, -0.15) is 16.8 Å². The van der Waals surface area contributed by atoms with E-state index in [0.717, 1.165) is 12.2 Å². The van der Waals surface area contributed by atoms with Gasteiger partial charge in [0.15, 0.2) is 0 Å². The van der Waals surface area contributed by atoms with E-state index in [-0.39, 0.29) is 16.8 Å². The Labute approximate surface area is 87.9 Å². The van der Waals surface area contributed by atoms with E-state index in [0.29, 0.717) is 5.84 Å². The number of amides is 2. The van der Waals surface area contributed by atoms with Crippen LogP contribution in [0.2, 0.25) is 0 Å². The minimum atomic E-state index is -0.207. The van der Waals surface area contributed by atoms with Crippen molar-refractivity contribution in [2.24, 2.45) is 10.7 Å². The fourth-order valence-corrected chi connectivity index (χ4v) is 3.78. The van der Waals surface area contributed by atoms with Gasteiger partial charge in [0, 0.05) is 11.8 Å². The first-order valence-corrected chi connectivity index (χ1v) is 5.78. The van der Waals surface area contributed by atoms with Crippen molar-refractivity contribution >= 4 is 23.6 Å². The molecule has 5 heteroatoms. The summed E-state index contributed by atoms with van der Waals surface area (Å²) in [6.07, 6.45) is 2.31. The number of carbonyl (C=O) groups is 1. The molecule has 2 rings (SSSR count). The van der Waals surface area contributed by atoms with Gasteiger partial charge in [0.2, 0.25) is 0 Å². The van der Waals surface area contributed by atoms with Crippen molar-refractivity contribution in [2.75, 3.05) is 12.8 Å². The van der Waals surface area contributed by atoms with Crippen LogP contribution >= 0.6 is 11.8 Å². The molecule has 2 heterocycles. The second kappa shape index (κ2) is 3.15. The average Bonchev–Trinajstić information content (AvgIpc) is 2.60. The third kappa shape index (κ3) is 1.30. The first kappa shape index (κ1) is 9.83. The number of rotatable bonds is 1. The van der Waals surface area contributed by atoms with E-state index in [1.807, 2.05) is 11.8 Å². The maximum absolute atomic E-state index is 11.3. The van der Waals surface area contributed by atoms with E-state index < -0.39 is 0 Å². The van der Waals surface area contributed by atoms with Gasteiger partial charge in [0.1, 0.15) is 11.9 Å². The Morgan fingerprint density at radius 3 is 2.86 bits per heavy atom. The van der Waals surface area contributed by atoms with Crippen molar-refractivity contribution in [3.8, 4) is 0 Å². The summed E-state index contributed by atoms with van der Waals surface area (Å²) in [4.78, 5) is 16.8. The summed E-state index contributed by atoms with van der Waals surface area (Å²) >= 11 is 1.90. The molecule has 1 fully saturated rings. The quantitative estimate of drug-likeness (QED) is 0.708. The number of thioether (sulfide) groups is 1. The Kier molecular flexibility index (Phi) is 2.21. The van der Waals surface area contributed by atoms with Gasteiger partial charge in [-0.1, -0.05) is 0 Å². The molecule has 2 amide bonds. The fourth-order valence-electron chi connectivity index (χ4n) is 2.30. The zero-order valence-electron chi connectivity index (χ0n) is 8.49. The predicted molar refractivity (Wildman–Crippen MR) is 58.7 cm³/mol. The lowest BCUT2D eigenvalue weighted by Crippen LogP contribution is -2.51. The highest BCUT2D eigenvalue weighted by Gasteiger charge is 2.46. The largest absolute Gasteiger partial charge is 0.385 e. The summed E-state index contributed by atoms with van der Waals surface area (Å²) in [7, 11) is 1.78. The lowest BCUT2D eigenvalue weighted by molar-refractivity contribution is 0.211. The maximum Gasteiger partial charge on any atom is 0.345 e. The average molecular weight is 213 g/mol. The zero-order chi connectivity index (χ0) is 10.3. The first-order valence-electron chi connectivity index (χ1n) is 4.79. The molecule has 4 nitrogen and oxygen atoms in total. The normalized spacial score (nSPS) is 37.9. The van der Waals surface area contributed by atoms with Crippen LogP contribution in [0.15, 0.2) is 4.99 Å². The second-order valence-electron chi connectivity index (χ2n) is 4.10. The number of amidine groups is 1. The Balaban J connectivity index is 2.26. The van der Waals surface area contributed by atoms with Crippen molar-refractivity contribution in [2.45, 2.75) is 30.6 Å². The molecule has 0 saturated carbocycles. The molecule has 78 valence electrons. The van der Waals surface area contributed by atoms with Gasteiger partial charge in [0.05, 0.1) is 0 Å². The molecule has 2 aliphatic heterocycles. The summed E-state index contributed by atoms with van der Waals surface area (Å²) in [6, 6.07) is -0.219. The van der Waals surface area contributed by atoms with Crippen LogP contribution in [0.1, 0.15) is 19.8 Å².